The topological polar surface area (TPSA) is 50.7 Å². The minimum atomic E-state index is -0.347. The molecule has 2 rings (SSSR count). The Morgan fingerprint density at radius 1 is 1.35 bits per heavy atom. The van der Waals surface area contributed by atoms with E-state index >= 15 is 0 Å². The van der Waals surface area contributed by atoms with Crippen molar-refractivity contribution in [1.29, 1.82) is 0 Å². The Morgan fingerprint density at radius 2 is 2.13 bits per heavy atom. The number of halogens is 2. The maximum atomic E-state index is 11.7. The summed E-state index contributed by atoms with van der Waals surface area (Å²) in [6.45, 7) is 1.96. The normalized spacial score (nSPS) is 10.7. The van der Waals surface area contributed by atoms with Gasteiger partial charge in [0, 0.05) is 10.6 Å². The summed E-state index contributed by atoms with van der Waals surface area (Å²) in [6.07, 6.45) is 2.43. The second-order valence-electron chi connectivity index (χ2n) is 4.72. The van der Waals surface area contributed by atoms with E-state index in [2.05, 4.69) is 33.4 Å². The van der Waals surface area contributed by atoms with Crippen LogP contribution in [0.15, 0.2) is 52.0 Å². The van der Waals surface area contributed by atoms with E-state index in [1.807, 2.05) is 30.3 Å². The zero-order chi connectivity index (χ0) is 16.7. The van der Waals surface area contributed by atoms with E-state index in [-0.39, 0.29) is 12.5 Å². The fraction of sp³-hybridized carbons (Fsp3) is 0.176. The van der Waals surface area contributed by atoms with Crippen molar-refractivity contribution in [2.24, 2.45) is 5.10 Å². The number of nitrogens with one attached hydrogen (secondary N) is 1. The molecule has 0 saturated heterocycles. The highest BCUT2D eigenvalue weighted by atomic mass is 79.9. The first-order valence-electron chi connectivity index (χ1n) is 7.07. The Kier molecular flexibility index (Phi) is 6.62. The van der Waals surface area contributed by atoms with Gasteiger partial charge in [-0.25, -0.2) is 5.43 Å². The third kappa shape index (κ3) is 5.37. The zero-order valence-corrected chi connectivity index (χ0v) is 14.9. The minimum Gasteiger partial charge on any atom is -0.483 e. The number of benzene rings is 2. The molecule has 2 aromatic carbocycles. The van der Waals surface area contributed by atoms with Crippen LogP contribution in [-0.2, 0) is 11.2 Å². The smallest absolute Gasteiger partial charge is 0.277 e. The van der Waals surface area contributed by atoms with Gasteiger partial charge in [0.15, 0.2) is 6.61 Å². The highest BCUT2D eigenvalue weighted by molar-refractivity contribution is 9.10. The van der Waals surface area contributed by atoms with Crippen LogP contribution in [0.1, 0.15) is 18.1 Å². The Balaban J connectivity index is 1.85. The summed E-state index contributed by atoms with van der Waals surface area (Å²) < 4.78 is 6.29. The predicted molar refractivity (Wildman–Crippen MR) is 96.2 cm³/mol. The summed E-state index contributed by atoms with van der Waals surface area (Å²) in [6, 6.07) is 13.0. The summed E-state index contributed by atoms with van der Waals surface area (Å²) in [5.41, 5.74) is 4.32. The van der Waals surface area contributed by atoms with Gasteiger partial charge in [0.1, 0.15) is 5.75 Å². The first kappa shape index (κ1) is 17.5. The molecule has 0 aromatic heterocycles. The lowest BCUT2D eigenvalue weighted by Crippen LogP contribution is -2.24. The number of hydrogen-bond acceptors (Lipinski definition) is 3. The van der Waals surface area contributed by atoms with Crippen LogP contribution in [-0.4, -0.2) is 18.7 Å². The Morgan fingerprint density at radius 3 is 2.83 bits per heavy atom. The minimum absolute atomic E-state index is 0.121. The number of amides is 1. The van der Waals surface area contributed by atoms with Crippen molar-refractivity contribution in [2.75, 3.05) is 6.61 Å². The van der Waals surface area contributed by atoms with Gasteiger partial charge >= 0.3 is 0 Å². The lowest BCUT2D eigenvalue weighted by Gasteiger charge is -2.08. The van der Waals surface area contributed by atoms with E-state index in [0.717, 1.165) is 16.5 Å². The average Bonchev–Trinajstić information content (AvgIpc) is 2.55. The van der Waals surface area contributed by atoms with Crippen molar-refractivity contribution in [2.45, 2.75) is 13.3 Å². The van der Waals surface area contributed by atoms with Gasteiger partial charge in [0.2, 0.25) is 0 Å². The molecule has 4 nitrogen and oxygen atoms in total. The van der Waals surface area contributed by atoms with Gasteiger partial charge in [0.05, 0.1) is 10.7 Å². The molecule has 6 heteroatoms. The van der Waals surface area contributed by atoms with E-state index in [0.29, 0.717) is 10.8 Å². The van der Waals surface area contributed by atoms with Crippen LogP contribution >= 0.6 is 27.5 Å². The SMILES string of the molecule is CCc1ccc(OCC(=O)N/N=C/c2ccccc2Cl)c(Br)c1. The second-order valence-corrected chi connectivity index (χ2v) is 5.98. The highest BCUT2D eigenvalue weighted by Crippen LogP contribution is 2.26. The van der Waals surface area contributed by atoms with Crippen molar-refractivity contribution in [3.63, 3.8) is 0 Å². The Hall–Kier alpha value is -1.85. The largest absolute Gasteiger partial charge is 0.483 e. The number of nitrogens with zero attached hydrogens (tertiary/aromatic N) is 1. The fourth-order valence-corrected chi connectivity index (χ4v) is 2.54. The number of hydrogen-bond donors (Lipinski definition) is 1. The summed E-state index contributed by atoms with van der Waals surface area (Å²) in [5.74, 6) is 0.271. The van der Waals surface area contributed by atoms with Crippen LogP contribution in [0.2, 0.25) is 5.02 Å². The maximum Gasteiger partial charge on any atom is 0.277 e. The van der Waals surface area contributed by atoms with Crippen molar-refractivity contribution in [3.05, 3.63) is 63.1 Å². The monoisotopic (exact) mass is 394 g/mol. The van der Waals surface area contributed by atoms with Gasteiger partial charge in [-0.15, -0.1) is 0 Å². The van der Waals surface area contributed by atoms with E-state index in [1.54, 1.807) is 12.1 Å². The molecule has 0 unspecified atom stereocenters. The molecule has 0 spiro atoms. The van der Waals surface area contributed by atoms with Crippen LogP contribution in [0.4, 0.5) is 0 Å². The Bertz CT molecular complexity index is 719. The third-order valence-corrected chi connectivity index (χ3v) is 4.03. The third-order valence-electron chi connectivity index (χ3n) is 3.06. The quantitative estimate of drug-likeness (QED) is 0.589. The second kappa shape index (κ2) is 8.70. The van der Waals surface area contributed by atoms with E-state index in [1.165, 1.54) is 11.8 Å². The molecule has 23 heavy (non-hydrogen) atoms. The number of ether oxygens (including phenoxy) is 1. The number of carbonyl (C=O) groups excluding carboxylic acids is 1. The molecule has 0 aliphatic rings. The first-order valence-corrected chi connectivity index (χ1v) is 8.25. The van der Waals surface area contributed by atoms with Crippen molar-refractivity contribution in [3.8, 4) is 5.75 Å². The van der Waals surface area contributed by atoms with Crippen LogP contribution in [0, 0.1) is 0 Å². The molecule has 1 N–H and O–H groups in total. The molecular weight excluding hydrogens is 380 g/mol. The summed E-state index contributed by atoms with van der Waals surface area (Å²) in [4.78, 5) is 11.7. The number of carbonyl (C=O) groups is 1. The summed E-state index contributed by atoms with van der Waals surface area (Å²) in [5, 5.41) is 4.43. The van der Waals surface area contributed by atoms with Gasteiger partial charge in [-0.2, -0.15) is 5.10 Å². The molecule has 0 aliphatic heterocycles. The first-order chi connectivity index (χ1) is 11.1. The van der Waals surface area contributed by atoms with Gasteiger partial charge in [-0.1, -0.05) is 42.8 Å². The molecule has 2 aromatic rings. The van der Waals surface area contributed by atoms with Crippen LogP contribution in [0.5, 0.6) is 5.75 Å². The van der Waals surface area contributed by atoms with Crippen molar-refractivity contribution < 1.29 is 9.53 Å². The lowest BCUT2D eigenvalue weighted by atomic mass is 10.2. The van der Waals surface area contributed by atoms with E-state index < -0.39 is 0 Å². The zero-order valence-electron chi connectivity index (χ0n) is 12.6. The molecule has 0 heterocycles. The predicted octanol–water partition coefficient (Wildman–Crippen LogP) is 4.19. The number of aryl methyl sites for hydroxylation is 1. The standard InChI is InChI=1S/C17H16BrClN2O2/c1-2-12-7-8-16(14(18)9-12)23-11-17(22)21-20-10-13-5-3-4-6-15(13)19/h3-10H,2,11H2,1H3,(H,21,22)/b20-10+. The average molecular weight is 396 g/mol. The summed E-state index contributed by atoms with van der Waals surface area (Å²) in [7, 11) is 0. The lowest BCUT2D eigenvalue weighted by molar-refractivity contribution is -0.123. The van der Waals surface area contributed by atoms with Gasteiger partial charge in [-0.3, -0.25) is 4.79 Å². The molecule has 1 amide bonds. The van der Waals surface area contributed by atoms with Crippen LogP contribution in [0.3, 0.4) is 0 Å². The summed E-state index contributed by atoms with van der Waals surface area (Å²) >= 11 is 9.42. The molecule has 0 fully saturated rings. The fourth-order valence-electron chi connectivity index (χ4n) is 1.81. The molecular formula is C17H16BrClN2O2. The molecule has 0 bridgehead atoms. The van der Waals surface area contributed by atoms with Crippen molar-refractivity contribution >= 4 is 39.7 Å². The van der Waals surface area contributed by atoms with E-state index in [4.69, 9.17) is 16.3 Å². The van der Waals surface area contributed by atoms with E-state index in [9.17, 15) is 4.79 Å². The molecule has 120 valence electrons. The van der Waals surface area contributed by atoms with Gasteiger partial charge in [-0.05, 0) is 46.1 Å². The molecule has 0 aliphatic carbocycles. The van der Waals surface area contributed by atoms with Crippen molar-refractivity contribution in [1.82, 2.24) is 5.43 Å². The van der Waals surface area contributed by atoms with Crippen LogP contribution < -0.4 is 10.2 Å². The maximum absolute atomic E-state index is 11.7. The highest BCUT2D eigenvalue weighted by Gasteiger charge is 2.05. The molecule has 0 saturated carbocycles. The Labute approximate surface area is 148 Å². The number of hydrazone groups is 1. The molecule has 0 atom stereocenters. The van der Waals surface area contributed by atoms with Crippen LogP contribution in [0.25, 0.3) is 0 Å². The number of rotatable bonds is 6. The molecule has 0 radical (unpaired) electrons. The van der Waals surface area contributed by atoms with Gasteiger partial charge in [0.25, 0.3) is 5.91 Å². The van der Waals surface area contributed by atoms with Gasteiger partial charge < -0.3 is 4.74 Å².